The minimum Gasteiger partial charge on any atom is -0.444 e. The van der Waals surface area contributed by atoms with Gasteiger partial charge in [0.25, 0.3) is 5.91 Å². The van der Waals surface area contributed by atoms with Gasteiger partial charge in [0.15, 0.2) is 0 Å². The van der Waals surface area contributed by atoms with Crippen molar-refractivity contribution >= 4 is 12.0 Å². The van der Waals surface area contributed by atoms with E-state index in [9.17, 15) is 9.59 Å². The molecule has 3 rings (SSSR count). The summed E-state index contributed by atoms with van der Waals surface area (Å²) >= 11 is 0. The second-order valence-corrected chi connectivity index (χ2v) is 8.36. The highest BCUT2D eigenvalue weighted by atomic mass is 16.6. The summed E-state index contributed by atoms with van der Waals surface area (Å²) in [6, 6.07) is 11.2. The number of aromatic nitrogens is 1. The van der Waals surface area contributed by atoms with Crippen LogP contribution >= 0.6 is 0 Å². The number of carbonyl (C=O) groups excluding carboxylic acids is 2. The Labute approximate surface area is 177 Å². The van der Waals surface area contributed by atoms with Crippen LogP contribution in [-0.2, 0) is 4.74 Å². The largest absolute Gasteiger partial charge is 0.444 e. The van der Waals surface area contributed by atoms with Gasteiger partial charge in [-0.05, 0) is 33.7 Å². The predicted octanol–water partition coefficient (Wildman–Crippen LogP) is 3.01. The average molecular weight is 415 g/mol. The van der Waals surface area contributed by atoms with Gasteiger partial charge >= 0.3 is 6.09 Å². The predicted molar refractivity (Wildman–Crippen MR) is 113 cm³/mol. The van der Waals surface area contributed by atoms with Crippen molar-refractivity contribution in [3.8, 4) is 11.3 Å². The van der Waals surface area contributed by atoms with Gasteiger partial charge in [-0.2, -0.15) is 0 Å². The van der Waals surface area contributed by atoms with Crippen LogP contribution in [0.2, 0.25) is 0 Å². The maximum atomic E-state index is 12.3. The molecule has 2 heterocycles. The van der Waals surface area contributed by atoms with Crippen molar-refractivity contribution in [1.82, 2.24) is 20.3 Å². The summed E-state index contributed by atoms with van der Waals surface area (Å²) < 4.78 is 10.6. The van der Waals surface area contributed by atoms with Crippen molar-refractivity contribution in [2.24, 2.45) is 0 Å². The number of piperazine rings is 1. The molecule has 0 bridgehead atoms. The molecule has 0 aliphatic carbocycles. The molecule has 1 N–H and O–H groups in total. The van der Waals surface area contributed by atoms with E-state index in [0.717, 1.165) is 31.6 Å². The number of nitrogens with zero attached hydrogens (tertiary/aromatic N) is 3. The molecule has 8 heteroatoms. The lowest BCUT2D eigenvalue weighted by atomic mass is 10.1. The van der Waals surface area contributed by atoms with E-state index in [1.165, 1.54) is 0 Å². The minimum absolute atomic E-state index is 0.208. The Bertz CT molecular complexity index is 836. The Balaban J connectivity index is 1.34. The zero-order valence-corrected chi connectivity index (χ0v) is 17.9. The molecule has 0 spiro atoms. The van der Waals surface area contributed by atoms with Gasteiger partial charge in [0.2, 0.25) is 5.76 Å². The monoisotopic (exact) mass is 414 g/mol. The van der Waals surface area contributed by atoms with E-state index in [0.29, 0.717) is 25.3 Å². The molecular formula is C22H30N4O4. The first kappa shape index (κ1) is 21.8. The van der Waals surface area contributed by atoms with Crippen LogP contribution < -0.4 is 5.32 Å². The van der Waals surface area contributed by atoms with Crippen molar-refractivity contribution in [1.29, 1.82) is 0 Å². The van der Waals surface area contributed by atoms with Crippen LogP contribution in [0, 0.1) is 0 Å². The SMILES string of the molecule is CC(C)(C)OC(=O)N1CCN(CCCNC(=O)c2cc(-c3ccccc3)no2)CC1. The van der Waals surface area contributed by atoms with Gasteiger partial charge in [-0.25, -0.2) is 4.79 Å². The maximum absolute atomic E-state index is 12.3. The molecule has 2 amide bonds. The third-order valence-corrected chi connectivity index (χ3v) is 4.76. The quantitative estimate of drug-likeness (QED) is 0.731. The number of rotatable bonds is 6. The summed E-state index contributed by atoms with van der Waals surface area (Å²) in [5.74, 6) is -0.0562. The topological polar surface area (TPSA) is 87.9 Å². The van der Waals surface area contributed by atoms with E-state index >= 15 is 0 Å². The second-order valence-electron chi connectivity index (χ2n) is 8.36. The maximum Gasteiger partial charge on any atom is 0.410 e. The number of ether oxygens (including phenoxy) is 1. The fourth-order valence-electron chi connectivity index (χ4n) is 3.20. The van der Waals surface area contributed by atoms with Gasteiger partial charge in [-0.3, -0.25) is 9.69 Å². The highest BCUT2D eigenvalue weighted by Gasteiger charge is 2.25. The number of nitrogens with one attached hydrogen (secondary N) is 1. The fourth-order valence-corrected chi connectivity index (χ4v) is 3.20. The summed E-state index contributed by atoms with van der Waals surface area (Å²) in [5.41, 5.74) is 1.08. The molecule has 30 heavy (non-hydrogen) atoms. The molecule has 1 fully saturated rings. The van der Waals surface area contributed by atoms with Crippen molar-refractivity contribution in [3.05, 3.63) is 42.2 Å². The normalized spacial score (nSPS) is 15.1. The smallest absolute Gasteiger partial charge is 0.410 e. The summed E-state index contributed by atoms with van der Waals surface area (Å²) in [6.45, 7) is 9.93. The van der Waals surface area contributed by atoms with Crippen LogP contribution in [0.5, 0.6) is 0 Å². The molecule has 0 unspecified atom stereocenters. The van der Waals surface area contributed by atoms with Gasteiger partial charge < -0.3 is 19.5 Å². The van der Waals surface area contributed by atoms with E-state index < -0.39 is 5.60 Å². The third-order valence-electron chi connectivity index (χ3n) is 4.76. The fraction of sp³-hybridized carbons (Fsp3) is 0.500. The van der Waals surface area contributed by atoms with Crippen LogP contribution in [0.4, 0.5) is 4.79 Å². The highest BCUT2D eigenvalue weighted by molar-refractivity contribution is 5.92. The van der Waals surface area contributed by atoms with Crippen LogP contribution in [0.25, 0.3) is 11.3 Å². The molecule has 0 atom stereocenters. The molecule has 1 saturated heterocycles. The first-order valence-corrected chi connectivity index (χ1v) is 10.3. The second kappa shape index (κ2) is 9.75. The van der Waals surface area contributed by atoms with E-state index in [1.807, 2.05) is 51.1 Å². The zero-order valence-electron chi connectivity index (χ0n) is 17.9. The molecule has 1 aliphatic rings. The molecule has 8 nitrogen and oxygen atoms in total. The lowest BCUT2D eigenvalue weighted by Gasteiger charge is -2.35. The van der Waals surface area contributed by atoms with Crippen LogP contribution in [0.1, 0.15) is 37.7 Å². The van der Waals surface area contributed by atoms with E-state index in [-0.39, 0.29) is 17.8 Å². The lowest BCUT2D eigenvalue weighted by molar-refractivity contribution is 0.0144. The number of hydrogen-bond acceptors (Lipinski definition) is 6. The number of amides is 2. The summed E-state index contributed by atoms with van der Waals surface area (Å²) in [7, 11) is 0. The summed E-state index contributed by atoms with van der Waals surface area (Å²) in [5, 5.41) is 6.84. The number of carbonyl (C=O) groups is 2. The average Bonchev–Trinajstić information content (AvgIpc) is 3.21. The Kier molecular flexibility index (Phi) is 7.10. The molecule has 2 aromatic rings. The van der Waals surface area contributed by atoms with Gasteiger partial charge in [-0.1, -0.05) is 35.5 Å². The Morgan fingerprint density at radius 3 is 2.50 bits per heavy atom. The zero-order chi connectivity index (χ0) is 21.6. The van der Waals surface area contributed by atoms with Crippen molar-refractivity contribution in [2.45, 2.75) is 32.8 Å². The lowest BCUT2D eigenvalue weighted by Crippen LogP contribution is -2.50. The van der Waals surface area contributed by atoms with E-state index in [1.54, 1.807) is 11.0 Å². The molecule has 1 aliphatic heterocycles. The van der Waals surface area contributed by atoms with Crippen molar-refractivity contribution < 1.29 is 18.8 Å². The van der Waals surface area contributed by atoms with Crippen LogP contribution in [0.15, 0.2) is 40.9 Å². The van der Waals surface area contributed by atoms with Gasteiger partial charge in [0.05, 0.1) is 0 Å². The highest BCUT2D eigenvalue weighted by Crippen LogP contribution is 2.18. The number of benzene rings is 1. The molecule has 0 saturated carbocycles. The van der Waals surface area contributed by atoms with Crippen LogP contribution in [0.3, 0.4) is 0 Å². The molecule has 1 aromatic heterocycles. The molecule has 162 valence electrons. The first-order valence-electron chi connectivity index (χ1n) is 10.3. The molecule has 1 aromatic carbocycles. The third kappa shape index (κ3) is 6.32. The van der Waals surface area contributed by atoms with E-state index in [2.05, 4.69) is 15.4 Å². The van der Waals surface area contributed by atoms with Gasteiger partial charge in [0, 0.05) is 44.4 Å². The van der Waals surface area contributed by atoms with Crippen molar-refractivity contribution in [2.75, 3.05) is 39.3 Å². The van der Waals surface area contributed by atoms with Crippen molar-refractivity contribution in [3.63, 3.8) is 0 Å². The van der Waals surface area contributed by atoms with Gasteiger partial charge in [0.1, 0.15) is 11.3 Å². The first-order chi connectivity index (χ1) is 14.3. The van der Waals surface area contributed by atoms with Gasteiger partial charge in [-0.15, -0.1) is 0 Å². The molecule has 0 radical (unpaired) electrons. The minimum atomic E-state index is -0.474. The Morgan fingerprint density at radius 1 is 1.13 bits per heavy atom. The number of hydrogen-bond donors (Lipinski definition) is 1. The summed E-state index contributed by atoms with van der Waals surface area (Å²) in [6.07, 6.45) is 0.564. The van der Waals surface area contributed by atoms with E-state index in [4.69, 9.17) is 9.26 Å². The molecular weight excluding hydrogens is 384 g/mol. The van der Waals surface area contributed by atoms with Crippen LogP contribution in [-0.4, -0.2) is 71.8 Å². The summed E-state index contributed by atoms with van der Waals surface area (Å²) in [4.78, 5) is 28.4. The Morgan fingerprint density at radius 2 is 1.83 bits per heavy atom. The standard InChI is InChI=1S/C22H30N4O4/c1-22(2,3)29-21(28)26-14-12-25(13-15-26)11-7-10-23-20(27)19-16-18(24-30-19)17-8-5-4-6-9-17/h4-6,8-9,16H,7,10-15H2,1-3H3,(H,23,27). The Hall–Kier alpha value is -2.87.